The van der Waals surface area contributed by atoms with E-state index < -0.39 is 10.8 Å². The maximum Gasteiger partial charge on any atom is 0.191 e. The van der Waals surface area contributed by atoms with E-state index in [-0.39, 0.29) is 0 Å². The summed E-state index contributed by atoms with van der Waals surface area (Å²) in [6.45, 7) is 6.47. The van der Waals surface area contributed by atoms with Gasteiger partial charge in [0.1, 0.15) is 0 Å². The fraction of sp³-hybridized carbons (Fsp3) is 0.435. The highest BCUT2D eigenvalue weighted by Crippen LogP contribution is 2.28. The number of guanidine groups is 1. The molecule has 0 aliphatic rings. The summed E-state index contributed by atoms with van der Waals surface area (Å²) in [6, 6.07) is 16.0. The summed E-state index contributed by atoms with van der Waals surface area (Å²) >= 11 is 0. The molecule has 0 radical (unpaired) electrons. The average molecular weight is 432 g/mol. The van der Waals surface area contributed by atoms with Gasteiger partial charge in [0, 0.05) is 42.4 Å². The van der Waals surface area contributed by atoms with Crippen LogP contribution in [0.3, 0.4) is 0 Å². The maximum atomic E-state index is 12.2. The first-order valence-electron chi connectivity index (χ1n) is 10.4. The minimum Gasteiger partial charge on any atom is -0.490 e. The van der Waals surface area contributed by atoms with Gasteiger partial charge in [-0.2, -0.15) is 0 Å². The molecule has 1 atom stereocenters. The number of hydrogen-bond acceptors (Lipinski definition) is 4. The first-order chi connectivity index (χ1) is 14.7. The van der Waals surface area contributed by atoms with Crippen LogP contribution in [0.2, 0.25) is 0 Å². The van der Waals surface area contributed by atoms with E-state index in [1.54, 1.807) is 7.05 Å². The molecule has 0 amide bonds. The lowest BCUT2D eigenvalue weighted by Gasteiger charge is -2.14. The van der Waals surface area contributed by atoms with Crippen LogP contribution in [0.4, 0.5) is 0 Å². The van der Waals surface area contributed by atoms with E-state index in [0.29, 0.717) is 37.2 Å². The topological polar surface area (TPSA) is 72.0 Å². The van der Waals surface area contributed by atoms with Gasteiger partial charge in [0.15, 0.2) is 17.5 Å². The van der Waals surface area contributed by atoms with E-state index in [1.807, 2.05) is 56.3 Å². The van der Waals surface area contributed by atoms with E-state index in [9.17, 15) is 4.21 Å². The SMILES string of the molecule is CCOc1ccc(CCNC(=NC)NCCS(=O)Cc2ccccc2)cc1OCC. The Hall–Kier alpha value is -2.54. The Morgan fingerprint density at radius 3 is 2.33 bits per heavy atom. The lowest BCUT2D eigenvalue weighted by molar-refractivity contribution is 0.287. The second-order valence-electron chi connectivity index (χ2n) is 6.60. The molecule has 0 aliphatic carbocycles. The molecule has 0 fully saturated rings. The highest BCUT2D eigenvalue weighted by Gasteiger charge is 2.07. The van der Waals surface area contributed by atoms with Crippen LogP contribution in [-0.2, 0) is 23.0 Å². The smallest absolute Gasteiger partial charge is 0.191 e. The Kier molecular flexibility index (Phi) is 10.8. The number of nitrogens with one attached hydrogen (secondary N) is 2. The van der Waals surface area contributed by atoms with Gasteiger partial charge in [-0.25, -0.2) is 0 Å². The van der Waals surface area contributed by atoms with E-state index in [0.717, 1.165) is 35.6 Å². The standard InChI is InChI=1S/C23H33N3O3S/c1-4-28-21-12-11-19(17-22(21)29-5-2)13-14-25-23(24-3)26-15-16-30(27)18-20-9-7-6-8-10-20/h6-12,17H,4-5,13-16,18H2,1-3H3,(H2,24,25,26). The van der Waals surface area contributed by atoms with Crippen LogP contribution in [-0.4, -0.2) is 49.3 Å². The zero-order valence-electron chi connectivity index (χ0n) is 18.1. The second kappa shape index (κ2) is 13.6. The van der Waals surface area contributed by atoms with E-state index in [4.69, 9.17) is 9.47 Å². The highest BCUT2D eigenvalue weighted by atomic mass is 32.2. The van der Waals surface area contributed by atoms with Gasteiger partial charge in [0.25, 0.3) is 0 Å². The number of benzene rings is 2. The van der Waals surface area contributed by atoms with Gasteiger partial charge >= 0.3 is 0 Å². The van der Waals surface area contributed by atoms with Gasteiger partial charge in [-0.3, -0.25) is 9.20 Å². The second-order valence-corrected chi connectivity index (χ2v) is 8.17. The predicted molar refractivity (Wildman–Crippen MR) is 125 cm³/mol. The summed E-state index contributed by atoms with van der Waals surface area (Å²) < 4.78 is 23.5. The molecule has 0 saturated carbocycles. The predicted octanol–water partition coefficient (Wildman–Crippen LogP) is 3.14. The van der Waals surface area contributed by atoms with E-state index in [1.165, 1.54) is 0 Å². The quantitative estimate of drug-likeness (QED) is 0.399. The molecule has 164 valence electrons. The molecule has 6 nitrogen and oxygen atoms in total. The molecular weight excluding hydrogens is 398 g/mol. The Labute approximate surface area is 182 Å². The van der Waals surface area contributed by atoms with Gasteiger partial charge in [-0.1, -0.05) is 36.4 Å². The van der Waals surface area contributed by atoms with Gasteiger partial charge in [-0.05, 0) is 43.5 Å². The zero-order valence-corrected chi connectivity index (χ0v) is 19.0. The molecule has 2 aromatic rings. The summed E-state index contributed by atoms with van der Waals surface area (Å²) in [4.78, 5) is 4.24. The fourth-order valence-corrected chi connectivity index (χ4v) is 3.95. The summed E-state index contributed by atoms with van der Waals surface area (Å²) in [7, 11) is 0.832. The third-order valence-electron chi connectivity index (χ3n) is 4.33. The third kappa shape index (κ3) is 8.45. The number of rotatable bonds is 12. The first-order valence-corrected chi connectivity index (χ1v) is 11.9. The molecule has 2 N–H and O–H groups in total. The molecular formula is C23H33N3O3S. The van der Waals surface area contributed by atoms with Crippen LogP contribution in [0.5, 0.6) is 11.5 Å². The molecule has 1 unspecified atom stereocenters. The zero-order chi connectivity index (χ0) is 21.6. The van der Waals surface area contributed by atoms with Gasteiger partial charge in [-0.15, -0.1) is 0 Å². The molecule has 0 saturated heterocycles. The molecule has 2 rings (SSSR count). The number of ether oxygens (including phenoxy) is 2. The number of hydrogen-bond donors (Lipinski definition) is 2. The molecule has 0 bridgehead atoms. The Morgan fingerprint density at radius 1 is 0.933 bits per heavy atom. The number of aliphatic imine (C=N–C) groups is 1. The van der Waals surface area contributed by atoms with Crippen LogP contribution in [0.25, 0.3) is 0 Å². The van der Waals surface area contributed by atoms with Crippen molar-refractivity contribution in [3.63, 3.8) is 0 Å². The van der Waals surface area contributed by atoms with Crippen molar-refractivity contribution in [1.82, 2.24) is 10.6 Å². The molecule has 0 aromatic heterocycles. The van der Waals surface area contributed by atoms with Crippen molar-refractivity contribution in [3.8, 4) is 11.5 Å². The molecule has 7 heteroatoms. The van der Waals surface area contributed by atoms with Crippen molar-refractivity contribution in [2.45, 2.75) is 26.0 Å². The van der Waals surface area contributed by atoms with E-state index in [2.05, 4.69) is 21.7 Å². The molecule has 0 spiro atoms. The fourth-order valence-electron chi connectivity index (χ4n) is 2.91. The van der Waals surface area contributed by atoms with Gasteiger partial charge in [0.2, 0.25) is 0 Å². The van der Waals surface area contributed by atoms with Crippen molar-refractivity contribution < 1.29 is 13.7 Å². The minimum absolute atomic E-state index is 0.576. The highest BCUT2D eigenvalue weighted by molar-refractivity contribution is 7.84. The first kappa shape index (κ1) is 23.7. The van der Waals surface area contributed by atoms with Crippen LogP contribution in [0, 0.1) is 0 Å². The van der Waals surface area contributed by atoms with Crippen molar-refractivity contribution in [3.05, 3.63) is 59.7 Å². The minimum atomic E-state index is -0.905. The van der Waals surface area contributed by atoms with Gasteiger partial charge < -0.3 is 20.1 Å². The Morgan fingerprint density at radius 2 is 1.63 bits per heavy atom. The van der Waals surface area contributed by atoms with Crippen LogP contribution < -0.4 is 20.1 Å². The largest absolute Gasteiger partial charge is 0.490 e. The normalized spacial score (nSPS) is 12.3. The molecule has 0 heterocycles. The molecule has 30 heavy (non-hydrogen) atoms. The lowest BCUT2D eigenvalue weighted by Crippen LogP contribution is -2.40. The van der Waals surface area contributed by atoms with Gasteiger partial charge in [0.05, 0.1) is 13.2 Å². The summed E-state index contributed by atoms with van der Waals surface area (Å²) in [5, 5.41) is 6.53. The molecule has 0 aliphatic heterocycles. The van der Waals surface area contributed by atoms with Crippen molar-refractivity contribution in [2.75, 3.05) is 39.1 Å². The van der Waals surface area contributed by atoms with Crippen LogP contribution in [0.15, 0.2) is 53.5 Å². The third-order valence-corrected chi connectivity index (χ3v) is 5.64. The van der Waals surface area contributed by atoms with Crippen LogP contribution >= 0.6 is 0 Å². The summed E-state index contributed by atoms with van der Waals surface area (Å²) in [5.74, 6) is 3.42. The van der Waals surface area contributed by atoms with Crippen molar-refractivity contribution in [1.29, 1.82) is 0 Å². The lowest BCUT2D eigenvalue weighted by atomic mass is 10.1. The van der Waals surface area contributed by atoms with Crippen molar-refractivity contribution >= 4 is 16.8 Å². The summed E-state index contributed by atoms with van der Waals surface area (Å²) in [6.07, 6.45) is 0.827. The van der Waals surface area contributed by atoms with E-state index >= 15 is 0 Å². The summed E-state index contributed by atoms with van der Waals surface area (Å²) in [5.41, 5.74) is 2.26. The molecule has 2 aromatic carbocycles. The monoisotopic (exact) mass is 431 g/mol. The van der Waals surface area contributed by atoms with Crippen molar-refractivity contribution in [2.24, 2.45) is 4.99 Å². The Balaban J connectivity index is 1.73. The number of nitrogens with zero attached hydrogens (tertiary/aromatic N) is 1. The Bertz CT molecular complexity index is 813. The average Bonchev–Trinajstić information content (AvgIpc) is 2.75. The maximum absolute atomic E-state index is 12.2. The van der Waals surface area contributed by atoms with Crippen LogP contribution in [0.1, 0.15) is 25.0 Å².